The molecule has 134 valence electrons. The van der Waals surface area contributed by atoms with Crippen LogP contribution in [0.2, 0.25) is 0 Å². The van der Waals surface area contributed by atoms with Crippen molar-refractivity contribution in [1.82, 2.24) is 15.1 Å². The van der Waals surface area contributed by atoms with Gasteiger partial charge in [0.15, 0.2) is 0 Å². The van der Waals surface area contributed by atoms with E-state index in [1.807, 2.05) is 17.5 Å². The summed E-state index contributed by atoms with van der Waals surface area (Å²) >= 11 is 1.55. The molecule has 0 spiro atoms. The van der Waals surface area contributed by atoms with E-state index in [1.165, 1.54) is 22.9 Å². The normalized spacial score (nSPS) is 10.5. The van der Waals surface area contributed by atoms with Gasteiger partial charge < -0.3 is 10.6 Å². The number of thiophene rings is 1. The third-order valence-corrected chi connectivity index (χ3v) is 4.49. The Kier molecular flexibility index (Phi) is 5.75. The molecule has 6 nitrogen and oxygen atoms in total. The largest absolute Gasteiger partial charge is 0.338 e. The minimum absolute atomic E-state index is 0.117. The summed E-state index contributed by atoms with van der Waals surface area (Å²) in [6.45, 7) is 0.704. The summed E-state index contributed by atoms with van der Waals surface area (Å²) in [5.74, 6) is -0.496. The van der Waals surface area contributed by atoms with Crippen molar-refractivity contribution in [2.24, 2.45) is 0 Å². The summed E-state index contributed by atoms with van der Waals surface area (Å²) in [5.41, 5.74) is 0.664. The number of nitrogens with one attached hydrogen (secondary N) is 2. The van der Waals surface area contributed by atoms with E-state index in [9.17, 15) is 14.0 Å². The van der Waals surface area contributed by atoms with Gasteiger partial charge in [0.1, 0.15) is 11.5 Å². The van der Waals surface area contributed by atoms with Crippen LogP contribution in [0.1, 0.15) is 6.42 Å². The second-order valence-corrected chi connectivity index (χ2v) is 6.42. The van der Waals surface area contributed by atoms with Crippen LogP contribution in [-0.2, 0) is 6.54 Å². The van der Waals surface area contributed by atoms with Gasteiger partial charge in [-0.2, -0.15) is 5.10 Å². The molecule has 2 N–H and O–H groups in total. The lowest BCUT2D eigenvalue weighted by atomic mass is 10.3. The van der Waals surface area contributed by atoms with Crippen LogP contribution in [0, 0.1) is 5.82 Å². The highest BCUT2D eigenvalue weighted by atomic mass is 32.1. The van der Waals surface area contributed by atoms with Crippen LogP contribution in [0.15, 0.2) is 58.7 Å². The maximum absolute atomic E-state index is 13.5. The Morgan fingerprint density at radius 3 is 2.77 bits per heavy atom. The van der Waals surface area contributed by atoms with Gasteiger partial charge in [0.25, 0.3) is 5.56 Å². The van der Waals surface area contributed by atoms with Crippen molar-refractivity contribution in [3.8, 4) is 10.6 Å². The summed E-state index contributed by atoms with van der Waals surface area (Å²) in [4.78, 5) is 24.7. The van der Waals surface area contributed by atoms with Gasteiger partial charge in [0, 0.05) is 19.2 Å². The third kappa shape index (κ3) is 4.54. The predicted octanol–water partition coefficient (Wildman–Crippen LogP) is 3.32. The van der Waals surface area contributed by atoms with Crippen LogP contribution in [0.4, 0.5) is 14.9 Å². The van der Waals surface area contributed by atoms with Crippen LogP contribution in [-0.4, -0.2) is 22.4 Å². The first-order valence-corrected chi connectivity index (χ1v) is 8.93. The molecule has 0 radical (unpaired) electrons. The Labute approximate surface area is 153 Å². The molecule has 0 saturated heterocycles. The Balaban J connectivity index is 1.51. The van der Waals surface area contributed by atoms with Crippen LogP contribution in [0.5, 0.6) is 0 Å². The smallest absolute Gasteiger partial charge is 0.319 e. The third-order valence-electron chi connectivity index (χ3n) is 3.59. The predicted molar refractivity (Wildman–Crippen MR) is 99.8 cm³/mol. The standard InChI is InChI=1S/C18H17FN4O2S/c19-13-5-1-2-6-14(13)21-18(25)20-10-4-11-23-17(24)9-8-15(22-23)16-7-3-12-26-16/h1-3,5-9,12H,4,10-11H2,(H2,20,21,25). The van der Waals surface area contributed by atoms with Crippen molar-refractivity contribution in [3.63, 3.8) is 0 Å². The maximum Gasteiger partial charge on any atom is 0.319 e. The van der Waals surface area contributed by atoms with E-state index < -0.39 is 11.8 Å². The molecule has 1 aromatic carbocycles. The molecule has 2 heterocycles. The van der Waals surface area contributed by atoms with Crippen LogP contribution in [0.3, 0.4) is 0 Å². The molecule has 2 aromatic heterocycles. The first-order chi connectivity index (χ1) is 12.6. The van der Waals surface area contributed by atoms with Crippen molar-refractivity contribution in [3.05, 3.63) is 70.1 Å². The number of hydrogen-bond acceptors (Lipinski definition) is 4. The zero-order chi connectivity index (χ0) is 18.4. The highest BCUT2D eigenvalue weighted by Gasteiger charge is 2.06. The zero-order valence-electron chi connectivity index (χ0n) is 13.8. The molecule has 3 aromatic rings. The average molecular weight is 372 g/mol. The molecule has 0 saturated carbocycles. The van der Waals surface area contributed by atoms with Crippen molar-refractivity contribution < 1.29 is 9.18 Å². The summed E-state index contributed by atoms with van der Waals surface area (Å²) in [7, 11) is 0. The molecule has 0 atom stereocenters. The number of benzene rings is 1. The number of rotatable bonds is 6. The number of aromatic nitrogens is 2. The van der Waals surface area contributed by atoms with Crippen LogP contribution < -0.4 is 16.2 Å². The molecule has 0 aliphatic heterocycles. The lowest BCUT2D eigenvalue weighted by molar-refractivity contribution is 0.251. The Bertz CT molecular complexity index is 940. The van der Waals surface area contributed by atoms with Crippen LogP contribution >= 0.6 is 11.3 Å². The van der Waals surface area contributed by atoms with E-state index in [4.69, 9.17) is 0 Å². The highest BCUT2D eigenvalue weighted by molar-refractivity contribution is 7.13. The monoisotopic (exact) mass is 372 g/mol. The first kappa shape index (κ1) is 17.8. The van der Waals surface area contributed by atoms with Crippen molar-refractivity contribution in [2.75, 3.05) is 11.9 Å². The summed E-state index contributed by atoms with van der Waals surface area (Å²) in [5, 5.41) is 11.4. The zero-order valence-corrected chi connectivity index (χ0v) is 14.6. The topological polar surface area (TPSA) is 76.0 Å². The molecule has 0 bridgehead atoms. The van der Waals surface area contributed by atoms with Crippen LogP contribution in [0.25, 0.3) is 10.6 Å². The number of urea groups is 1. The summed E-state index contributed by atoms with van der Waals surface area (Å²) in [6.07, 6.45) is 0.519. The fourth-order valence-corrected chi connectivity index (χ4v) is 3.02. The Hall–Kier alpha value is -3.00. The van der Waals surface area contributed by atoms with Crippen molar-refractivity contribution in [1.29, 1.82) is 0 Å². The lowest BCUT2D eigenvalue weighted by Crippen LogP contribution is -2.31. The SMILES string of the molecule is O=C(NCCCn1nc(-c2cccs2)ccc1=O)Nc1ccccc1F. The van der Waals surface area contributed by atoms with E-state index >= 15 is 0 Å². The fraction of sp³-hybridized carbons (Fsp3) is 0.167. The molecule has 26 heavy (non-hydrogen) atoms. The number of amides is 2. The van der Waals surface area contributed by atoms with Gasteiger partial charge in [0.2, 0.25) is 0 Å². The van der Waals surface area contributed by atoms with E-state index in [0.717, 1.165) is 10.6 Å². The quantitative estimate of drug-likeness (QED) is 0.652. The second kappa shape index (κ2) is 8.39. The number of anilines is 1. The molecule has 0 fully saturated rings. The molecule has 0 aliphatic rings. The van der Waals surface area contributed by atoms with Gasteiger partial charge in [-0.05, 0) is 36.1 Å². The van der Waals surface area contributed by atoms with Crippen molar-refractivity contribution >= 4 is 23.1 Å². The average Bonchev–Trinajstić information content (AvgIpc) is 3.17. The summed E-state index contributed by atoms with van der Waals surface area (Å²) < 4.78 is 14.9. The van der Waals surface area contributed by atoms with Gasteiger partial charge in [-0.15, -0.1) is 11.3 Å². The number of hydrogen-bond donors (Lipinski definition) is 2. The number of para-hydroxylation sites is 1. The first-order valence-electron chi connectivity index (χ1n) is 8.05. The number of carbonyl (C=O) groups excluding carboxylic acids is 1. The number of nitrogens with zero attached hydrogens (tertiary/aromatic N) is 2. The lowest BCUT2D eigenvalue weighted by Gasteiger charge is -2.09. The maximum atomic E-state index is 13.5. The van der Waals surface area contributed by atoms with E-state index in [1.54, 1.807) is 29.5 Å². The highest BCUT2D eigenvalue weighted by Crippen LogP contribution is 2.21. The Morgan fingerprint density at radius 2 is 2.00 bits per heavy atom. The molecule has 8 heteroatoms. The van der Waals surface area contributed by atoms with E-state index in [-0.39, 0.29) is 11.2 Å². The van der Waals surface area contributed by atoms with E-state index in [2.05, 4.69) is 15.7 Å². The summed E-state index contributed by atoms with van der Waals surface area (Å²) in [6, 6.07) is 12.5. The van der Waals surface area contributed by atoms with Gasteiger partial charge in [-0.3, -0.25) is 4.79 Å². The van der Waals surface area contributed by atoms with Gasteiger partial charge in [0.05, 0.1) is 10.6 Å². The van der Waals surface area contributed by atoms with E-state index in [0.29, 0.717) is 19.5 Å². The number of carbonyl (C=O) groups is 1. The molecular weight excluding hydrogens is 355 g/mol. The number of halogens is 1. The van der Waals surface area contributed by atoms with Gasteiger partial charge in [-0.25, -0.2) is 13.9 Å². The minimum atomic E-state index is -0.497. The van der Waals surface area contributed by atoms with Crippen molar-refractivity contribution in [2.45, 2.75) is 13.0 Å². The minimum Gasteiger partial charge on any atom is -0.338 e. The molecule has 0 unspecified atom stereocenters. The second-order valence-electron chi connectivity index (χ2n) is 5.47. The Morgan fingerprint density at radius 1 is 1.15 bits per heavy atom. The molecule has 2 amide bonds. The molecule has 0 aliphatic carbocycles. The number of aryl methyl sites for hydroxylation is 1. The van der Waals surface area contributed by atoms with Gasteiger partial charge >= 0.3 is 6.03 Å². The van der Waals surface area contributed by atoms with Gasteiger partial charge in [-0.1, -0.05) is 18.2 Å². The molecular formula is C18H17FN4O2S. The fourth-order valence-electron chi connectivity index (χ4n) is 2.32. The molecule has 3 rings (SSSR count).